The number of aryl methyl sites for hydroxylation is 1. The molecule has 0 aliphatic heterocycles. The molecule has 3 aromatic rings. The van der Waals surface area contributed by atoms with Crippen LogP contribution in [0.3, 0.4) is 0 Å². The van der Waals surface area contributed by atoms with Gasteiger partial charge in [0.05, 0.1) is 12.4 Å². The summed E-state index contributed by atoms with van der Waals surface area (Å²) in [7, 11) is 0. The van der Waals surface area contributed by atoms with Gasteiger partial charge in [-0.15, -0.1) is 0 Å². The summed E-state index contributed by atoms with van der Waals surface area (Å²) in [5, 5.41) is 4.03. The van der Waals surface area contributed by atoms with Crippen LogP contribution < -0.4 is 5.43 Å². The van der Waals surface area contributed by atoms with Gasteiger partial charge in [0, 0.05) is 39.5 Å². The van der Waals surface area contributed by atoms with Gasteiger partial charge in [-0.1, -0.05) is 15.9 Å². The summed E-state index contributed by atoms with van der Waals surface area (Å²) in [5.41, 5.74) is 6.81. The Morgan fingerprint density at radius 2 is 2.00 bits per heavy atom. The molecule has 6 nitrogen and oxygen atoms in total. The number of aromatic nitrogens is 3. The van der Waals surface area contributed by atoms with Crippen LogP contribution in [0.25, 0.3) is 5.69 Å². The van der Waals surface area contributed by atoms with E-state index in [0.29, 0.717) is 0 Å². The average molecular weight is 398 g/mol. The van der Waals surface area contributed by atoms with Crippen LogP contribution in [0.2, 0.25) is 0 Å². The van der Waals surface area contributed by atoms with E-state index in [4.69, 9.17) is 0 Å². The highest BCUT2D eigenvalue weighted by molar-refractivity contribution is 9.10. The van der Waals surface area contributed by atoms with Gasteiger partial charge in [0.2, 0.25) is 0 Å². The predicted octanol–water partition coefficient (Wildman–Crippen LogP) is 3.41. The molecule has 0 bridgehead atoms. The number of rotatable bonds is 4. The van der Waals surface area contributed by atoms with Crippen molar-refractivity contribution in [3.05, 3.63) is 76.0 Å². The average Bonchev–Trinajstić information content (AvgIpc) is 2.90. The number of benzene rings is 1. The van der Waals surface area contributed by atoms with Crippen LogP contribution in [-0.4, -0.2) is 26.7 Å². The van der Waals surface area contributed by atoms with Crippen molar-refractivity contribution >= 4 is 28.1 Å². The van der Waals surface area contributed by atoms with Crippen LogP contribution in [0.15, 0.2) is 58.5 Å². The van der Waals surface area contributed by atoms with Gasteiger partial charge >= 0.3 is 0 Å². The minimum absolute atomic E-state index is 0.222. The lowest BCUT2D eigenvalue weighted by molar-refractivity contribution is 0.0949. The highest BCUT2D eigenvalue weighted by atomic mass is 79.9. The number of hydrogen-bond donors (Lipinski definition) is 1. The second-order valence-corrected chi connectivity index (χ2v) is 6.34. The summed E-state index contributed by atoms with van der Waals surface area (Å²) >= 11 is 3.45. The smallest absolute Gasteiger partial charge is 0.291 e. The Labute approximate surface area is 153 Å². The fourth-order valence-corrected chi connectivity index (χ4v) is 2.80. The van der Waals surface area contributed by atoms with E-state index in [1.54, 1.807) is 6.21 Å². The lowest BCUT2D eigenvalue weighted by atomic mass is 10.2. The van der Waals surface area contributed by atoms with Crippen molar-refractivity contribution < 1.29 is 4.79 Å². The largest absolute Gasteiger partial charge is 0.318 e. The second-order valence-electron chi connectivity index (χ2n) is 5.43. The number of amides is 1. The van der Waals surface area contributed by atoms with E-state index in [1.807, 2.05) is 44.2 Å². The molecule has 0 saturated carbocycles. The molecule has 2 aromatic heterocycles. The Morgan fingerprint density at radius 1 is 1.24 bits per heavy atom. The maximum atomic E-state index is 11.9. The molecule has 7 heteroatoms. The third-order valence-corrected chi connectivity index (χ3v) is 4.25. The first kappa shape index (κ1) is 17.0. The summed E-state index contributed by atoms with van der Waals surface area (Å²) in [6.07, 6.45) is 6.00. The van der Waals surface area contributed by atoms with Crippen LogP contribution in [0.4, 0.5) is 0 Å². The third kappa shape index (κ3) is 3.83. The van der Waals surface area contributed by atoms with Gasteiger partial charge in [-0.25, -0.2) is 10.4 Å². The molecule has 2 heterocycles. The molecular formula is C18H16BrN5O. The summed E-state index contributed by atoms with van der Waals surface area (Å²) in [6.45, 7) is 4.05. The number of nitrogens with zero attached hydrogens (tertiary/aromatic N) is 4. The molecule has 3 rings (SSSR count). The third-order valence-electron chi connectivity index (χ3n) is 3.72. The molecule has 0 fully saturated rings. The minimum Gasteiger partial charge on any atom is -0.318 e. The zero-order valence-electron chi connectivity index (χ0n) is 13.8. The lowest BCUT2D eigenvalue weighted by Crippen LogP contribution is -2.19. The van der Waals surface area contributed by atoms with E-state index in [1.165, 1.54) is 18.6 Å². The van der Waals surface area contributed by atoms with Crippen molar-refractivity contribution in [1.82, 2.24) is 20.0 Å². The Kier molecular flexibility index (Phi) is 5.04. The van der Waals surface area contributed by atoms with Crippen LogP contribution >= 0.6 is 15.9 Å². The Morgan fingerprint density at radius 3 is 2.68 bits per heavy atom. The molecule has 126 valence electrons. The maximum Gasteiger partial charge on any atom is 0.291 e. The molecule has 0 radical (unpaired) electrons. The van der Waals surface area contributed by atoms with Crippen molar-refractivity contribution in [3.63, 3.8) is 0 Å². The standard InChI is InChI=1S/C18H16BrN5O/c1-12-9-14(10-22-23-18(25)17-11-20-7-8-21-17)13(2)24(12)16-5-3-15(19)4-6-16/h3-11H,1-2H3,(H,23,25). The fourth-order valence-electron chi connectivity index (χ4n) is 2.54. The zero-order valence-corrected chi connectivity index (χ0v) is 15.4. The second kappa shape index (κ2) is 7.40. The summed E-state index contributed by atoms with van der Waals surface area (Å²) < 4.78 is 3.17. The van der Waals surface area contributed by atoms with E-state index in [-0.39, 0.29) is 5.69 Å². The number of hydrazone groups is 1. The number of nitrogens with one attached hydrogen (secondary N) is 1. The number of carbonyl (C=O) groups is 1. The minimum atomic E-state index is -0.397. The van der Waals surface area contributed by atoms with Crippen LogP contribution in [0, 0.1) is 13.8 Å². The van der Waals surface area contributed by atoms with E-state index in [9.17, 15) is 4.79 Å². The van der Waals surface area contributed by atoms with Gasteiger partial charge in [0.15, 0.2) is 0 Å². The first-order chi connectivity index (χ1) is 12.1. The quantitative estimate of drug-likeness (QED) is 0.541. The Bertz CT molecular complexity index is 917. The normalized spacial score (nSPS) is 11.0. The molecule has 0 unspecified atom stereocenters. The summed E-state index contributed by atoms with van der Waals surface area (Å²) in [6, 6.07) is 10.1. The lowest BCUT2D eigenvalue weighted by Gasteiger charge is -2.09. The van der Waals surface area contributed by atoms with Crippen LogP contribution in [0.1, 0.15) is 27.4 Å². The molecule has 25 heavy (non-hydrogen) atoms. The van der Waals surface area contributed by atoms with Gasteiger partial charge in [-0.2, -0.15) is 5.10 Å². The molecular weight excluding hydrogens is 382 g/mol. The zero-order chi connectivity index (χ0) is 17.8. The molecule has 1 amide bonds. The topological polar surface area (TPSA) is 72.2 Å². The van der Waals surface area contributed by atoms with Crippen molar-refractivity contribution in [1.29, 1.82) is 0 Å². The predicted molar refractivity (Wildman–Crippen MR) is 100 cm³/mol. The molecule has 0 aliphatic rings. The van der Waals surface area contributed by atoms with Crippen LogP contribution in [-0.2, 0) is 0 Å². The fraction of sp³-hybridized carbons (Fsp3) is 0.111. The monoisotopic (exact) mass is 397 g/mol. The first-order valence-electron chi connectivity index (χ1n) is 7.60. The van der Waals surface area contributed by atoms with Crippen molar-refractivity contribution in [2.24, 2.45) is 5.10 Å². The highest BCUT2D eigenvalue weighted by Gasteiger charge is 2.10. The van der Waals surface area contributed by atoms with E-state index in [0.717, 1.165) is 27.1 Å². The highest BCUT2D eigenvalue weighted by Crippen LogP contribution is 2.21. The number of halogens is 1. The van der Waals surface area contributed by atoms with Gasteiger partial charge in [-0.05, 0) is 44.2 Å². The maximum absolute atomic E-state index is 11.9. The molecule has 1 aromatic carbocycles. The van der Waals surface area contributed by atoms with Crippen LogP contribution in [0.5, 0.6) is 0 Å². The number of carbonyl (C=O) groups excluding carboxylic acids is 1. The van der Waals surface area contributed by atoms with Gasteiger partial charge in [0.25, 0.3) is 5.91 Å². The van der Waals surface area contributed by atoms with E-state index < -0.39 is 5.91 Å². The van der Waals surface area contributed by atoms with Gasteiger partial charge in [-0.3, -0.25) is 9.78 Å². The first-order valence-corrected chi connectivity index (χ1v) is 8.40. The SMILES string of the molecule is Cc1cc(C=NNC(=O)c2cnccn2)c(C)n1-c1ccc(Br)cc1. The Balaban J connectivity index is 1.79. The van der Waals surface area contributed by atoms with Crippen molar-refractivity contribution in [3.8, 4) is 5.69 Å². The van der Waals surface area contributed by atoms with E-state index in [2.05, 4.69) is 41.0 Å². The molecule has 0 saturated heterocycles. The molecule has 0 atom stereocenters. The molecule has 0 aliphatic carbocycles. The molecule has 0 spiro atoms. The molecule has 1 N–H and O–H groups in total. The van der Waals surface area contributed by atoms with Gasteiger partial charge in [0.1, 0.15) is 5.69 Å². The number of hydrogen-bond acceptors (Lipinski definition) is 4. The summed E-state index contributed by atoms with van der Waals surface area (Å²) in [4.78, 5) is 19.7. The van der Waals surface area contributed by atoms with E-state index >= 15 is 0 Å². The van der Waals surface area contributed by atoms with Crippen molar-refractivity contribution in [2.75, 3.05) is 0 Å². The van der Waals surface area contributed by atoms with Gasteiger partial charge < -0.3 is 4.57 Å². The van der Waals surface area contributed by atoms with Crippen molar-refractivity contribution in [2.45, 2.75) is 13.8 Å². The summed E-state index contributed by atoms with van der Waals surface area (Å²) in [5.74, 6) is -0.397. The Hall–Kier alpha value is -2.80.